The van der Waals surface area contributed by atoms with Crippen LogP contribution in [0.15, 0.2) is 42.5 Å². The predicted octanol–water partition coefficient (Wildman–Crippen LogP) is 2.29. The zero-order chi connectivity index (χ0) is 20.6. The number of nitrogens with zero attached hydrogens (tertiary/aromatic N) is 2. The summed E-state index contributed by atoms with van der Waals surface area (Å²) < 4.78 is 5.48. The lowest BCUT2D eigenvalue weighted by Gasteiger charge is -2.40. The van der Waals surface area contributed by atoms with E-state index in [2.05, 4.69) is 52.3 Å². The number of likely N-dealkylation sites (tertiary alicyclic amines) is 1. The van der Waals surface area contributed by atoms with Crippen molar-refractivity contribution in [2.24, 2.45) is 0 Å². The van der Waals surface area contributed by atoms with Gasteiger partial charge in [0.2, 0.25) is 0 Å². The van der Waals surface area contributed by atoms with Gasteiger partial charge in [0.1, 0.15) is 0 Å². The molecule has 2 saturated heterocycles. The van der Waals surface area contributed by atoms with Crippen LogP contribution in [0.5, 0.6) is 0 Å². The first-order valence-corrected chi connectivity index (χ1v) is 10.0. The Hall–Kier alpha value is -2.48. The average molecular weight is 400 g/mol. The van der Waals surface area contributed by atoms with Crippen LogP contribution in [-0.4, -0.2) is 77.4 Å². The van der Waals surface area contributed by atoms with Gasteiger partial charge in [-0.05, 0) is 42.3 Å². The molecule has 7 heteroatoms. The smallest absolute Gasteiger partial charge is 0.414 e. The third-order valence-corrected chi connectivity index (χ3v) is 5.58. The number of benzene rings is 2. The maximum Gasteiger partial charge on any atom is 0.414 e. The Morgan fingerprint density at radius 3 is 2.17 bits per heavy atom. The summed E-state index contributed by atoms with van der Waals surface area (Å²) in [5, 5.41) is 17.5. The summed E-state index contributed by atoms with van der Waals surface area (Å²) in [5.41, 5.74) is 1.47. The van der Waals surface area contributed by atoms with Crippen LogP contribution in [0.2, 0.25) is 0 Å². The van der Waals surface area contributed by atoms with E-state index < -0.39 is 11.9 Å². The lowest BCUT2D eigenvalue weighted by Crippen LogP contribution is -2.48. The first-order valence-electron chi connectivity index (χ1n) is 10.0. The second-order valence-electron chi connectivity index (χ2n) is 7.40. The Balaban J connectivity index is 0.000000353. The number of hydrogen-bond donors (Lipinski definition) is 2. The summed E-state index contributed by atoms with van der Waals surface area (Å²) in [5.74, 6) is -3.65. The number of fused-ring (bicyclic) bond motifs is 1. The van der Waals surface area contributed by atoms with Gasteiger partial charge in [0.25, 0.3) is 0 Å². The number of carbonyl (C=O) groups is 2. The highest BCUT2D eigenvalue weighted by atomic mass is 16.5. The molecule has 0 bridgehead atoms. The SMILES string of the molecule is O=C(O)C(=O)O.c1ccc2c(CN3CCC(N4CCOCC4)CC3)cccc2c1. The predicted molar refractivity (Wildman–Crippen MR) is 110 cm³/mol. The van der Waals surface area contributed by atoms with Gasteiger partial charge in [-0.15, -0.1) is 0 Å². The Bertz CT molecular complexity index is 810. The van der Waals surface area contributed by atoms with E-state index in [1.165, 1.54) is 42.3 Å². The molecule has 2 aromatic carbocycles. The van der Waals surface area contributed by atoms with Gasteiger partial charge in [0.05, 0.1) is 13.2 Å². The molecule has 0 aliphatic carbocycles. The molecule has 0 radical (unpaired) electrons. The van der Waals surface area contributed by atoms with Crippen molar-refractivity contribution in [2.75, 3.05) is 39.4 Å². The van der Waals surface area contributed by atoms with Crippen molar-refractivity contribution < 1.29 is 24.5 Å². The van der Waals surface area contributed by atoms with Crippen LogP contribution in [0.1, 0.15) is 18.4 Å². The number of hydrogen-bond acceptors (Lipinski definition) is 5. The molecule has 2 aliphatic rings. The van der Waals surface area contributed by atoms with Gasteiger partial charge in [0.15, 0.2) is 0 Å². The van der Waals surface area contributed by atoms with Gasteiger partial charge in [-0.2, -0.15) is 0 Å². The molecule has 0 amide bonds. The standard InChI is InChI=1S/C20H26N2O.C2H2O4/c1-2-7-20-17(4-1)5-3-6-18(20)16-21-10-8-19(9-11-21)22-12-14-23-15-13-22;3-1(4)2(5)6/h1-7,19H,8-16H2;(H,3,4)(H,5,6). The molecule has 2 fully saturated rings. The summed E-state index contributed by atoms with van der Waals surface area (Å²) >= 11 is 0. The molecule has 156 valence electrons. The fraction of sp³-hybridized carbons (Fsp3) is 0.455. The van der Waals surface area contributed by atoms with Gasteiger partial charge in [-0.25, -0.2) is 9.59 Å². The second kappa shape index (κ2) is 10.3. The Morgan fingerprint density at radius 2 is 1.52 bits per heavy atom. The summed E-state index contributed by atoms with van der Waals surface area (Å²) in [7, 11) is 0. The fourth-order valence-corrected chi connectivity index (χ4v) is 4.06. The molecule has 0 spiro atoms. The summed E-state index contributed by atoms with van der Waals surface area (Å²) in [6, 6.07) is 16.2. The molecule has 0 unspecified atom stereocenters. The molecule has 2 aliphatic heterocycles. The van der Waals surface area contributed by atoms with Crippen molar-refractivity contribution in [3.8, 4) is 0 Å². The highest BCUT2D eigenvalue weighted by molar-refractivity contribution is 6.27. The highest BCUT2D eigenvalue weighted by Gasteiger charge is 2.25. The number of ether oxygens (including phenoxy) is 1. The molecule has 0 aromatic heterocycles. The maximum absolute atomic E-state index is 9.10. The molecular formula is C22H28N2O5. The molecule has 0 saturated carbocycles. The number of rotatable bonds is 3. The molecule has 7 nitrogen and oxygen atoms in total. The minimum atomic E-state index is -1.82. The normalized spacial score (nSPS) is 18.8. The largest absolute Gasteiger partial charge is 0.473 e. The van der Waals surface area contributed by atoms with E-state index in [-0.39, 0.29) is 0 Å². The topological polar surface area (TPSA) is 90.3 Å². The Kier molecular flexibility index (Phi) is 7.57. The third kappa shape index (κ3) is 6.00. The van der Waals surface area contributed by atoms with Gasteiger partial charge in [-0.3, -0.25) is 9.80 Å². The lowest BCUT2D eigenvalue weighted by molar-refractivity contribution is -0.159. The number of carboxylic acid groups (broad SMARTS) is 2. The number of morpholine rings is 1. The van der Waals surface area contributed by atoms with E-state index in [0.29, 0.717) is 0 Å². The van der Waals surface area contributed by atoms with Gasteiger partial charge in [0, 0.05) is 25.7 Å². The van der Waals surface area contributed by atoms with E-state index in [1.54, 1.807) is 0 Å². The molecule has 29 heavy (non-hydrogen) atoms. The quantitative estimate of drug-likeness (QED) is 0.764. The zero-order valence-corrected chi connectivity index (χ0v) is 16.5. The van der Waals surface area contributed by atoms with E-state index in [9.17, 15) is 0 Å². The number of aliphatic carboxylic acids is 2. The average Bonchev–Trinajstić information content (AvgIpc) is 2.75. The molecule has 2 aromatic rings. The first kappa shape index (κ1) is 21.2. The van der Waals surface area contributed by atoms with Crippen molar-refractivity contribution in [1.82, 2.24) is 9.80 Å². The Labute approximate surface area is 170 Å². The minimum absolute atomic E-state index is 0.766. The zero-order valence-electron chi connectivity index (χ0n) is 16.5. The van der Waals surface area contributed by atoms with Crippen LogP contribution in [0.25, 0.3) is 10.8 Å². The lowest BCUT2D eigenvalue weighted by atomic mass is 10.00. The second-order valence-corrected chi connectivity index (χ2v) is 7.40. The van der Waals surface area contributed by atoms with E-state index in [4.69, 9.17) is 24.5 Å². The number of piperidine rings is 1. The first-order chi connectivity index (χ1) is 14.0. The monoisotopic (exact) mass is 400 g/mol. The highest BCUT2D eigenvalue weighted by Crippen LogP contribution is 2.23. The van der Waals surface area contributed by atoms with E-state index >= 15 is 0 Å². The third-order valence-electron chi connectivity index (χ3n) is 5.58. The van der Waals surface area contributed by atoms with Gasteiger partial charge in [-0.1, -0.05) is 42.5 Å². The van der Waals surface area contributed by atoms with Crippen LogP contribution in [0, 0.1) is 0 Å². The molecule has 0 atom stereocenters. The van der Waals surface area contributed by atoms with Crippen LogP contribution in [0.4, 0.5) is 0 Å². The van der Waals surface area contributed by atoms with E-state index in [1.807, 2.05) is 0 Å². The van der Waals surface area contributed by atoms with Crippen molar-refractivity contribution in [2.45, 2.75) is 25.4 Å². The van der Waals surface area contributed by atoms with Crippen LogP contribution >= 0.6 is 0 Å². The fourth-order valence-electron chi connectivity index (χ4n) is 4.06. The van der Waals surface area contributed by atoms with Crippen LogP contribution in [0.3, 0.4) is 0 Å². The van der Waals surface area contributed by atoms with Crippen molar-refractivity contribution in [3.63, 3.8) is 0 Å². The molecule has 2 N–H and O–H groups in total. The Morgan fingerprint density at radius 1 is 0.897 bits per heavy atom. The number of carboxylic acids is 2. The van der Waals surface area contributed by atoms with Gasteiger partial charge >= 0.3 is 11.9 Å². The van der Waals surface area contributed by atoms with Crippen molar-refractivity contribution >= 4 is 22.7 Å². The molecule has 2 heterocycles. The van der Waals surface area contributed by atoms with Crippen LogP contribution < -0.4 is 0 Å². The van der Waals surface area contributed by atoms with Crippen molar-refractivity contribution in [1.29, 1.82) is 0 Å². The van der Waals surface area contributed by atoms with Gasteiger partial charge < -0.3 is 14.9 Å². The summed E-state index contributed by atoms with van der Waals surface area (Å²) in [6.45, 7) is 7.57. The van der Waals surface area contributed by atoms with Crippen LogP contribution in [-0.2, 0) is 20.9 Å². The minimum Gasteiger partial charge on any atom is -0.473 e. The summed E-state index contributed by atoms with van der Waals surface area (Å²) in [4.78, 5) is 23.5. The molecular weight excluding hydrogens is 372 g/mol. The van der Waals surface area contributed by atoms with Crippen molar-refractivity contribution in [3.05, 3.63) is 48.0 Å². The van der Waals surface area contributed by atoms with E-state index in [0.717, 1.165) is 38.9 Å². The summed E-state index contributed by atoms with van der Waals surface area (Å²) in [6.07, 6.45) is 2.59. The maximum atomic E-state index is 9.10. The molecule has 4 rings (SSSR count).